The van der Waals surface area contributed by atoms with Crippen LogP contribution >= 0.6 is 24.1 Å². The van der Waals surface area contributed by atoms with Gasteiger partial charge in [0.15, 0.2) is 0 Å². The zero-order valence-electron chi connectivity index (χ0n) is 17.8. The monoisotopic (exact) mass is 496 g/mol. The Morgan fingerprint density at radius 2 is 0.679 bits per heavy atom. The van der Waals surface area contributed by atoms with Crippen molar-refractivity contribution in [2.45, 2.75) is 97.8 Å². The van der Waals surface area contributed by atoms with E-state index in [0.29, 0.717) is 18.5 Å². The predicted octanol–water partition coefficient (Wildman–Crippen LogP) is 5.01. The Labute approximate surface area is 186 Å². The molecule has 0 amide bonds. The van der Waals surface area contributed by atoms with Gasteiger partial charge in [0.25, 0.3) is 0 Å². The van der Waals surface area contributed by atoms with Gasteiger partial charge in [-0.05, 0) is 38.5 Å². The average Bonchev–Trinajstić information content (AvgIpc) is 2.60. The van der Waals surface area contributed by atoms with Gasteiger partial charge in [0, 0.05) is 0 Å². The van der Waals surface area contributed by atoms with Gasteiger partial charge < -0.3 is 14.7 Å². The summed E-state index contributed by atoms with van der Waals surface area (Å²) in [7, 11) is -6.35. The molecule has 0 aromatic heterocycles. The summed E-state index contributed by atoms with van der Waals surface area (Å²) in [5.74, 6) is 0. The molecule has 0 rings (SSSR count). The first-order chi connectivity index (χ1) is 12.8. The van der Waals surface area contributed by atoms with Crippen LogP contribution in [0.1, 0.15) is 97.8 Å². The van der Waals surface area contributed by atoms with Crippen LogP contribution in [0.3, 0.4) is 0 Å². The Morgan fingerprint density at radius 3 is 0.821 bits per heavy atom. The van der Waals surface area contributed by atoms with E-state index in [9.17, 15) is 28.4 Å². The second-order valence-corrected chi connectivity index (χ2v) is 9.69. The smallest absolute Gasteiger partial charge is 0.596 e. The molecule has 0 aliphatic heterocycles. The van der Waals surface area contributed by atoms with E-state index < -0.39 is 24.1 Å². The average molecular weight is 496 g/mol. The molecular weight excluding hydrogens is 457 g/mol. The van der Waals surface area contributed by atoms with Crippen LogP contribution in [0.15, 0.2) is 0 Å². The van der Waals surface area contributed by atoms with E-state index in [-0.39, 0.29) is 17.4 Å². The van der Waals surface area contributed by atoms with Crippen LogP contribution in [0, 0.1) is 0 Å². The molecular formula is C18H39CrO6P3+3. The van der Waals surface area contributed by atoms with Gasteiger partial charge in [-0.2, -0.15) is 0 Å². The van der Waals surface area contributed by atoms with Crippen LogP contribution in [-0.2, 0) is 31.1 Å². The predicted molar refractivity (Wildman–Crippen MR) is 110 cm³/mol. The van der Waals surface area contributed by atoms with Crippen LogP contribution in [0.2, 0.25) is 0 Å². The van der Waals surface area contributed by atoms with Crippen LogP contribution < -0.4 is 14.7 Å². The van der Waals surface area contributed by atoms with Crippen molar-refractivity contribution in [1.29, 1.82) is 0 Å². The van der Waals surface area contributed by atoms with Crippen molar-refractivity contribution in [2.75, 3.05) is 18.5 Å². The summed E-state index contributed by atoms with van der Waals surface area (Å²) < 4.78 is 30.0. The van der Waals surface area contributed by atoms with Gasteiger partial charge in [-0.15, -0.1) is 0 Å². The third kappa shape index (κ3) is 50.4. The molecule has 3 unspecified atom stereocenters. The van der Waals surface area contributed by atoms with Crippen molar-refractivity contribution < 1.29 is 45.7 Å². The van der Waals surface area contributed by atoms with E-state index >= 15 is 0 Å². The topological polar surface area (TPSA) is 120 Å². The second-order valence-electron chi connectivity index (χ2n) is 6.35. The molecule has 0 fully saturated rings. The van der Waals surface area contributed by atoms with Crippen molar-refractivity contribution in [3.05, 3.63) is 0 Å². The molecule has 10 heteroatoms. The molecule has 0 heterocycles. The number of rotatable bonds is 15. The Hall–Kier alpha value is 0.712. The standard InChI is InChI=1S/3C6H13O2P.Cr/c3*1-2-3-4-5-6-9(7)8;/h3*2-6H2,1H3;/q;;;+3. The minimum Gasteiger partial charge on any atom is -0.596 e. The fraction of sp³-hybridized carbons (Fsp3) is 1.00. The quantitative estimate of drug-likeness (QED) is 0.232. The fourth-order valence-corrected chi connectivity index (χ4v) is 3.45. The van der Waals surface area contributed by atoms with Crippen molar-refractivity contribution in [2.24, 2.45) is 0 Å². The molecule has 0 saturated heterocycles. The number of hydrogen-bond donors (Lipinski definition) is 0. The van der Waals surface area contributed by atoms with Gasteiger partial charge in [-0.1, -0.05) is 73.0 Å². The summed E-state index contributed by atoms with van der Waals surface area (Å²) in [4.78, 5) is 30.0. The van der Waals surface area contributed by atoms with E-state index in [4.69, 9.17) is 0 Å². The molecule has 0 aromatic carbocycles. The first kappa shape index (κ1) is 36.1. The molecule has 1 radical (unpaired) electrons. The van der Waals surface area contributed by atoms with Gasteiger partial charge in [0.2, 0.25) is 0 Å². The third-order valence-corrected chi connectivity index (χ3v) is 5.63. The maximum Gasteiger partial charge on any atom is 3.00 e. The zero-order chi connectivity index (χ0) is 21.3. The van der Waals surface area contributed by atoms with E-state index in [1.807, 2.05) is 0 Å². The van der Waals surface area contributed by atoms with Gasteiger partial charge >= 0.3 is 41.4 Å². The maximum absolute atomic E-state index is 10.00. The maximum atomic E-state index is 10.00. The van der Waals surface area contributed by atoms with E-state index in [1.54, 1.807) is 0 Å². The van der Waals surface area contributed by atoms with Gasteiger partial charge in [-0.3, -0.25) is 0 Å². The molecule has 6 nitrogen and oxygen atoms in total. The number of hydrogen-bond acceptors (Lipinski definition) is 6. The van der Waals surface area contributed by atoms with Gasteiger partial charge in [0.1, 0.15) is 18.5 Å². The molecule has 0 saturated carbocycles. The SMILES string of the molecule is CCCCCC[P+](=O)[O-].CCCCCC[P+](=O)[O-].CCCCCC[P+](=O)[O-].[Cr+3]. The van der Waals surface area contributed by atoms with Crippen molar-refractivity contribution in [1.82, 2.24) is 0 Å². The molecule has 0 aliphatic carbocycles. The van der Waals surface area contributed by atoms with Crippen molar-refractivity contribution in [3.8, 4) is 0 Å². The molecule has 0 spiro atoms. The summed E-state index contributed by atoms with van der Waals surface area (Å²) in [6, 6.07) is 0. The first-order valence-corrected chi connectivity index (χ1v) is 14.3. The minimum atomic E-state index is -2.12. The Bertz CT molecular complexity index is 308. The van der Waals surface area contributed by atoms with Crippen molar-refractivity contribution in [3.63, 3.8) is 0 Å². The summed E-state index contributed by atoms with van der Waals surface area (Å²) in [5.41, 5.74) is 0. The molecule has 165 valence electrons. The first-order valence-electron chi connectivity index (χ1n) is 10.2. The van der Waals surface area contributed by atoms with Crippen LogP contribution in [0.5, 0.6) is 0 Å². The molecule has 3 atom stereocenters. The Kier molecular flexibility index (Phi) is 41.8. The second kappa shape index (κ2) is 32.4. The normalized spacial score (nSPS) is 11.1. The van der Waals surface area contributed by atoms with Crippen LogP contribution in [0.4, 0.5) is 0 Å². The van der Waals surface area contributed by atoms with Crippen LogP contribution in [0.25, 0.3) is 0 Å². The van der Waals surface area contributed by atoms with Crippen LogP contribution in [-0.4, -0.2) is 18.5 Å². The third-order valence-electron chi connectivity index (χ3n) is 3.58. The van der Waals surface area contributed by atoms with E-state index in [1.165, 1.54) is 0 Å². The molecule has 0 bridgehead atoms. The summed E-state index contributed by atoms with van der Waals surface area (Å²) in [6.07, 6.45) is 13.8. The van der Waals surface area contributed by atoms with Gasteiger partial charge in [0.05, 0.1) is 0 Å². The summed E-state index contributed by atoms with van der Waals surface area (Å²) in [6.45, 7) is 6.33. The van der Waals surface area contributed by atoms with Crippen molar-refractivity contribution >= 4 is 24.1 Å². The molecule has 0 aliphatic rings. The molecule has 0 N–H and O–H groups in total. The fourth-order valence-electron chi connectivity index (χ4n) is 2.00. The minimum absolute atomic E-state index is 0. The summed E-state index contributed by atoms with van der Waals surface area (Å²) >= 11 is 0. The van der Waals surface area contributed by atoms with E-state index in [0.717, 1.165) is 77.0 Å². The van der Waals surface area contributed by atoms with Gasteiger partial charge in [-0.25, -0.2) is 0 Å². The largest absolute Gasteiger partial charge is 3.00 e. The number of unbranched alkanes of at least 4 members (excludes halogenated alkanes) is 9. The zero-order valence-corrected chi connectivity index (χ0v) is 21.8. The van der Waals surface area contributed by atoms with E-state index in [2.05, 4.69) is 20.8 Å². The summed E-state index contributed by atoms with van der Waals surface area (Å²) in [5, 5.41) is 0. The molecule has 0 aromatic rings. The Balaban J connectivity index is -0.000000152. The molecule has 28 heavy (non-hydrogen) atoms. The Morgan fingerprint density at radius 1 is 0.464 bits per heavy atom.